The molecule has 1 atom stereocenters. The van der Waals surface area contributed by atoms with Gasteiger partial charge in [-0.05, 0) is 36.8 Å². The van der Waals surface area contributed by atoms with Crippen molar-refractivity contribution < 1.29 is 14.0 Å². The lowest BCUT2D eigenvalue weighted by Crippen LogP contribution is -2.37. The average molecular weight is 395 g/mol. The van der Waals surface area contributed by atoms with Gasteiger partial charge in [0.1, 0.15) is 0 Å². The number of thioether (sulfide) groups is 1. The molecule has 3 rings (SSSR count). The molecule has 9 heteroatoms. The van der Waals surface area contributed by atoms with Crippen LogP contribution in [0.2, 0.25) is 0 Å². The first-order chi connectivity index (χ1) is 12.5. The number of carbonyl (C=O) groups excluding carboxylic acids is 2. The summed E-state index contributed by atoms with van der Waals surface area (Å²) in [5.41, 5.74) is 1.39. The van der Waals surface area contributed by atoms with Gasteiger partial charge in [0.05, 0.1) is 17.2 Å². The van der Waals surface area contributed by atoms with Crippen LogP contribution in [0.15, 0.2) is 15.7 Å². The topological polar surface area (TPSA) is 88.3 Å². The van der Waals surface area contributed by atoms with Crippen molar-refractivity contribution >= 4 is 34.9 Å². The number of carbonyl (C=O) groups is 2. The summed E-state index contributed by atoms with van der Waals surface area (Å²) in [6.07, 6.45) is 3.44. The van der Waals surface area contributed by atoms with E-state index in [2.05, 4.69) is 28.5 Å². The second-order valence-corrected chi connectivity index (χ2v) is 8.56. The van der Waals surface area contributed by atoms with E-state index in [1.165, 1.54) is 33.5 Å². The van der Waals surface area contributed by atoms with E-state index in [1.54, 1.807) is 25.4 Å². The molecule has 0 saturated carbocycles. The predicted molar refractivity (Wildman–Crippen MR) is 101 cm³/mol. The van der Waals surface area contributed by atoms with Crippen LogP contribution in [0.4, 0.5) is 0 Å². The molecule has 0 radical (unpaired) electrons. The van der Waals surface area contributed by atoms with Gasteiger partial charge < -0.3 is 14.6 Å². The number of hydrogen-bond acceptors (Lipinski definition) is 7. The van der Waals surface area contributed by atoms with E-state index in [0.717, 1.165) is 23.6 Å². The number of aromatic nitrogens is 2. The predicted octanol–water partition coefficient (Wildman–Crippen LogP) is 2.22. The third kappa shape index (κ3) is 4.45. The summed E-state index contributed by atoms with van der Waals surface area (Å²) in [4.78, 5) is 27.1. The fourth-order valence-corrected chi connectivity index (χ4v) is 4.63. The van der Waals surface area contributed by atoms with Crippen molar-refractivity contribution in [2.75, 3.05) is 26.4 Å². The maximum Gasteiger partial charge on any atom is 0.277 e. The Morgan fingerprint density at radius 3 is 3.04 bits per heavy atom. The first kappa shape index (κ1) is 18.9. The number of thiophene rings is 1. The molecule has 2 heterocycles. The molecule has 0 bridgehead atoms. The molecule has 1 N–H and O–H groups in total. The highest BCUT2D eigenvalue weighted by Gasteiger charge is 2.21. The third-order valence-electron chi connectivity index (χ3n) is 4.35. The lowest BCUT2D eigenvalue weighted by atomic mass is 9.90. The second kappa shape index (κ2) is 8.22. The highest BCUT2D eigenvalue weighted by Crippen LogP contribution is 2.37. The Morgan fingerprint density at radius 1 is 1.46 bits per heavy atom. The standard InChI is InChI=1S/C17H22N4O3S2/c1-10-4-5-12-11(6-10)7-13(26-12)16-19-20-17(24-16)25-9-15(23)21(3)8-14(22)18-2/h7,10H,4-6,8-9H2,1-3H3,(H,18,22)/t10-/m0/s1. The molecule has 2 amide bonds. The number of likely N-dealkylation sites (N-methyl/N-ethyl adjacent to an activating group) is 2. The smallest absolute Gasteiger partial charge is 0.277 e. The monoisotopic (exact) mass is 394 g/mol. The first-order valence-corrected chi connectivity index (χ1v) is 10.3. The molecular formula is C17H22N4O3S2. The van der Waals surface area contributed by atoms with Crippen molar-refractivity contribution in [1.82, 2.24) is 20.4 Å². The summed E-state index contributed by atoms with van der Waals surface area (Å²) in [5.74, 6) is 0.996. The fraction of sp³-hybridized carbons (Fsp3) is 0.529. The minimum Gasteiger partial charge on any atom is -0.410 e. The Hall–Kier alpha value is -1.87. The second-order valence-electron chi connectivity index (χ2n) is 6.49. The third-order valence-corrected chi connectivity index (χ3v) is 6.38. The quantitative estimate of drug-likeness (QED) is 0.756. The Labute approximate surface area is 160 Å². The van der Waals surface area contributed by atoms with Gasteiger partial charge in [0.25, 0.3) is 11.1 Å². The molecule has 26 heavy (non-hydrogen) atoms. The summed E-state index contributed by atoms with van der Waals surface area (Å²) < 4.78 is 5.71. The van der Waals surface area contributed by atoms with Crippen LogP contribution in [0.1, 0.15) is 23.8 Å². The molecule has 2 aromatic rings. The van der Waals surface area contributed by atoms with E-state index in [9.17, 15) is 9.59 Å². The van der Waals surface area contributed by atoms with E-state index in [0.29, 0.717) is 11.1 Å². The summed E-state index contributed by atoms with van der Waals surface area (Å²) in [6, 6.07) is 2.15. The van der Waals surface area contributed by atoms with Crippen LogP contribution in [-0.2, 0) is 22.4 Å². The van der Waals surface area contributed by atoms with Crippen molar-refractivity contribution in [2.24, 2.45) is 5.92 Å². The van der Waals surface area contributed by atoms with Crippen molar-refractivity contribution in [1.29, 1.82) is 0 Å². The van der Waals surface area contributed by atoms with Gasteiger partial charge >= 0.3 is 0 Å². The van der Waals surface area contributed by atoms with Gasteiger partial charge in [-0.15, -0.1) is 21.5 Å². The number of hydrogen-bond donors (Lipinski definition) is 1. The zero-order valence-corrected chi connectivity index (χ0v) is 16.7. The molecule has 0 fully saturated rings. The normalized spacial score (nSPS) is 16.2. The molecule has 1 aliphatic rings. The summed E-state index contributed by atoms with van der Waals surface area (Å²) >= 11 is 2.90. The zero-order chi connectivity index (χ0) is 18.7. The molecule has 0 aliphatic heterocycles. The average Bonchev–Trinajstić information content (AvgIpc) is 3.25. The fourth-order valence-electron chi connectivity index (χ4n) is 2.80. The molecule has 2 aromatic heterocycles. The number of aryl methyl sites for hydroxylation is 1. The maximum atomic E-state index is 12.0. The van der Waals surface area contributed by atoms with Gasteiger partial charge in [-0.2, -0.15) is 0 Å². The lowest BCUT2D eigenvalue weighted by Gasteiger charge is -2.16. The van der Waals surface area contributed by atoms with Gasteiger partial charge in [0.15, 0.2) is 0 Å². The van der Waals surface area contributed by atoms with Crippen LogP contribution in [0.5, 0.6) is 0 Å². The molecule has 7 nitrogen and oxygen atoms in total. The van der Waals surface area contributed by atoms with Crippen molar-refractivity contribution in [2.45, 2.75) is 31.4 Å². The maximum absolute atomic E-state index is 12.0. The number of rotatable bonds is 6. The molecule has 0 saturated heterocycles. The number of amides is 2. The van der Waals surface area contributed by atoms with E-state index >= 15 is 0 Å². The number of nitrogens with one attached hydrogen (secondary N) is 1. The summed E-state index contributed by atoms with van der Waals surface area (Å²) in [6.45, 7) is 2.31. The van der Waals surface area contributed by atoms with Crippen molar-refractivity contribution in [3.05, 3.63) is 16.5 Å². The molecule has 0 unspecified atom stereocenters. The van der Waals surface area contributed by atoms with E-state index in [4.69, 9.17) is 4.42 Å². The van der Waals surface area contributed by atoms with Crippen molar-refractivity contribution in [3.63, 3.8) is 0 Å². The highest BCUT2D eigenvalue weighted by atomic mass is 32.2. The number of nitrogens with zero attached hydrogens (tertiary/aromatic N) is 3. The van der Waals surface area contributed by atoms with E-state index < -0.39 is 0 Å². The lowest BCUT2D eigenvalue weighted by molar-refractivity contribution is -0.132. The van der Waals surface area contributed by atoms with Gasteiger partial charge in [0.2, 0.25) is 11.8 Å². The first-order valence-electron chi connectivity index (χ1n) is 8.49. The minimum atomic E-state index is -0.207. The Kier molecular flexibility index (Phi) is 5.98. The van der Waals surface area contributed by atoms with Crippen LogP contribution in [0, 0.1) is 5.92 Å². The van der Waals surface area contributed by atoms with E-state index in [1.807, 2.05) is 0 Å². The molecular weight excluding hydrogens is 372 g/mol. The summed E-state index contributed by atoms with van der Waals surface area (Å²) in [5, 5.41) is 11.0. The van der Waals surface area contributed by atoms with Crippen LogP contribution in [-0.4, -0.2) is 53.3 Å². The molecule has 0 spiro atoms. The minimum absolute atomic E-state index is 0.0319. The van der Waals surface area contributed by atoms with Crippen molar-refractivity contribution in [3.8, 4) is 10.8 Å². The zero-order valence-electron chi connectivity index (χ0n) is 15.1. The van der Waals surface area contributed by atoms with E-state index in [-0.39, 0.29) is 24.1 Å². The molecule has 0 aromatic carbocycles. The van der Waals surface area contributed by atoms with Gasteiger partial charge in [-0.3, -0.25) is 9.59 Å². The highest BCUT2D eigenvalue weighted by molar-refractivity contribution is 7.99. The van der Waals surface area contributed by atoms with Gasteiger partial charge in [0, 0.05) is 19.0 Å². The van der Waals surface area contributed by atoms with Crippen LogP contribution in [0.3, 0.4) is 0 Å². The van der Waals surface area contributed by atoms with Gasteiger partial charge in [-0.1, -0.05) is 18.7 Å². The van der Waals surface area contributed by atoms with Crippen LogP contribution < -0.4 is 5.32 Å². The largest absolute Gasteiger partial charge is 0.410 e. The van der Waals surface area contributed by atoms with Gasteiger partial charge in [-0.25, -0.2) is 0 Å². The number of fused-ring (bicyclic) bond motifs is 1. The Balaban J connectivity index is 1.58. The summed E-state index contributed by atoms with van der Waals surface area (Å²) in [7, 11) is 3.13. The SMILES string of the molecule is CNC(=O)CN(C)C(=O)CSc1nnc(-c2cc3c(s2)CC[C@H](C)C3)o1. The molecule has 140 valence electrons. The Morgan fingerprint density at radius 2 is 2.27 bits per heavy atom. The van der Waals surface area contributed by atoms with Crippen LogP contribution in [0.25, 0.3) is 10.8 Å². The van der Waals surface area contributed by atoms with Crippen LogP contribution >= 0.6 is 23.1 Å². The Bertz CT molecular complexity index is 802. The molecule has 1 aliphatic carbocycles.